The van der Waals surface area contributed by atoms with Crippen molar-refractivity contribution in [3.63, 3.8) is 0 Å². The van der Waals surface area contributed by atoms with Gasteiger partial charge in [-0.2, -0.15) is 0 Å². The average molecular weight is 1060 g/mol. The summed E-state index contributed by atoms with van der Waals surface area (Å²) in [5.74, 6) is 1.44. The largest absolute Gasteiger partial charge is 1.00 e. The molecule has 4 aliphatic heterocycles. The van der Waals surface area contributed by atoms with Gasteiger partial charge >= 0.3 is 77.0 Å². The number of esters is 3. The number of anilines is 2. The number of amides is 2. The summed E-state index contributed by atoms with van der Waals surface area (Å²) in [7, 11) is 0. The van der Waals surface area contributed by atoms with E-state index >= 15 is 0 Å². The molecule has 0 radical (unpaired) electrons. The van der Waals surface area contributed by atoms with Gasteiger partial charge in [-0.05, 0) is 173 Å². The van der Waals surface area contributed by atoms with Crippen molar-refractivity contribution in [1.29, 1.82) is 0 Å². The maximum atomic E-state index is 12.7. The van der Waals surface area contributed by atoms with Crippen LogP contribution in [0.5, 0.6) is 0 Å². The maximum absolute atomic E-state index is 12.7. The third-order valence-electron chi connectivity index (χ3n) is 12.8. The number of carboxylic acid groups (broad SMARTS) is 1. The third-order valence-corrected chi connectivity index (χ3v) is 12.9. The maximum Gasteiger partial charge on any atom is 1.00 e. The van der Waals surface area contributed by atoms with Crippen LogP contribution in [0.25, 0.3) is 0 Å². The van der Waals surface area contributed by atoms with Gasteiger partial charge in [-0.25, -0.2) is 9.97 Å². The van der Waals surface area contributed by atoms with E-state index in [2.05, 4.69) is 37.5 Å². The molecule has 4 aliphatic rings. The second-order valence-corrected chi connectivity index (χ2v) is 20.8. The summed E-state index contributed by atoms with van der Waals surface area (Å²) >= 11 is 5.16. The molecule has 0 aliphatic carbocycles. The van der Waals surface area contributed by atoms with Gasteiger partial charge in [0, 0.05) is 75.9 Å². The fourth-order valence-electron chi connectivity index (χ4n) is 8.52. The third kappa shape index (κ3) is 26.5. The van der Waals surface area contributed by atoms with Gasteiger partial charge in [-0.1, -0.05) is 31.2 Å². The fourth-order valence-corrected chi connectivity index (χ4v) is 8.62. The van der Waals surface area contributed by atoms with E-state index in [0.29, 0.717) is 50.4 Å². The SMILES string of the molecule is C.CC(C)(C)C(=O)OCCl.CC(C)(C)C(=O)OCOC(=O)CCCC1CCN(C(=O)CCc2ccc3c(n2)NCCC3)CC1.O=C([O-])CCCC1CCN(C(=O)CCc2ccc3c(n2)NCCC3)CC1.[Na+].[Na+].[OH-]. The summed E-state index contributed by atoms with van der Waals surface area (Å²) in [5, 5.41) is 17.2. The van der Waals surface area contributed by atoms with E-state index in [1.807, 2.05) is 21.9 Å². The van der Waals surface area contributed by atoms with Crippen molar-refractivity contribution in [2.24, 2.45) is 22.7 Å². The Morgan fingerprint density at radius 1 is 0.644 bits per heavy atom. The van der Waals surface area contributed by atoms with Crippen LogP contribution < -0.4 is 74.9 Å². The number of nitrogens with one attached hydrogen (secondary N) is 2. The quantitative estimate of drug-likeness (QED) is 0.0992. The molecule has 0 spiro atoms. The Morgan fingerprint density at radius 3 is 1.44 bits per heavy atom. The number of fused-ring (bicyclic) bond motifs is 2. The topological polar surface area (TPSA) is 239 Å². The van der Waals surface area contributed by atoms with Gasteiger partial charge in [-0.3, -0.25) is 24.0 Å². The Hall–Kier alpha value is -3.03. The van der Waals surface area contributed by atoms with Crippen molar-refractivity contribution in [2.75, 3.05) is 62.8 Å². The summed E-state index contributed by atoms with van der Waals surface area (Å²) in [6.07, 6.45) is 14.4. The number of hydrogen-bond donors (Lipinski definition) is 2. The van der Waals surface area contributed by atoms with E-state index in [1.165, 1.54) is 11.1 Å². The Balaban J connectivity index is 0.00000118. The van der Waals surface area contributed by atoms with Crippen molar-refractivity contribution in [3.05, 3.63) is 46.8 Å². The summed E-state index contributed by atoms with van der Waals surface area (Å²) in [4.78, 5) is 83.1. The van der Waals surface area contributed by atoms with Crippen LogP contribution in [0.3, 0.4) is 0 Å². The first-order valence-corrected chi connectivity index (χ1v) is 25.6. The number of nitrogens with zero attached hydrogens (tertiary/aromatic N) is 4. The molecule has 73 heavy (non-hydrogen) atoms. The molecule has 3 N–H and O–H groups in total. The molecule has 2 saturated heterocycles. The number of alkyl halides is 1. The first-order valence-electron chi connectivity index (χ1n) is 25.1. The fraction of sp³-hybridized carbons (Fsp3) is 0.698. The minimum Gasteiger partial charge on any atom is -0.870 e. The van der Waals surface area contributed by atoms with Crippen LogP contribution in [0.1, 0.15) is 161 Å². The number of likely N-dealkylation sites (tertiary alicyclic amines) is 2. The van der Waals surface area contributed by atoms with Crippen molar-refractivity contribution < 1.29 is 113 Å². The molecule has 20 heteroatoms. The van der Waals surface area contributed by atoms with Gasteiger partial charge in [0.25, 0.3) is 0 Å². The predicted octanol–water partition coefficient (Wildman–Crippen LogP) is 1.64. The molecule has 0 bridgehead atoms. The van der Waals surface area contributed by atoms with Gasteiger partial charge in [0.1, 0.15) is 11.6 Å². The Morgan fingerprint density at radius 2 is 1.05 bits per heavy atom. The number of ether oxygens (including phenoxy) is 3. The average Bonchev–Trinajstić information content (AvgIpc) is 3.32. The van der Waals surface area contributed by atoms with Crippen LogP contribution in [0.15, 0.2) is 24.3 Å². The van der Waals surface area contributed by atoms with Gasteiger partial charge in [0.15, 0.2) is 6.07 Å². The van der Waals surface area contributed by atoms with Gasteiger partial charge in [0.2, 0.25) is 18.6 Å². The van der Waals surface area contributed by atoms with Crippen molar-refractivity contribution >= 4 is 58.9 Å². The van der Waals surface area contributed by atoms with Crippen molar-refractivity contribution in [1.82, 2.24) is 19.8 Å². The molecule has 0 unspecified atom stereocenters. The number of pyridine rings is 2. The summed E-state index contributed by atoms with van der Waals surface area (Å²) in [6, 6.07) is 8.30. The molecule has 0 saturated carbocycles. The zero-order valence-corrected chi connectivity index (χ0v) is 49.3. The van der Waals surface area contributed by atoms with Crippen LogP contribution in [0.2, 0.25) is 0 Å². The molecule has 2 fully saturated rings. The molecule has 2 aromatic heterocycles. The number of carbonyl (C=O) groups excluding carboxylic acids is 6. The van der Waals surface area contributed by atoms with Crippen LogP contribution in [0.4, 0.5) is 11.6 Å². The zero-order valence-electron chi connectivity index (χ0n) is 44.5. The first-order chi connectivity index (χ1) is 32.8. The monoisotopic (exact) mass is 1060 g/mol. The van der Waals surface area contributed by atoms with E-state index in [9.17, 15) is 33.9 Å². The van der Waals surface area contributed by atoms with E-state index in [4.69, 9.17) is 21.1 Å². The number of piperidine rings is 2. The summed E-state index contributed by atoms with van der Waals surface area (Å²) < 4.78 is 14.5. The number of rotatable bonds is 17. The smallest absolute Gasteiger partial charge is 0.870 e. The Kier molecular flexibility index (Phi) is 34.6. The van der Waals surface area contributed by atoms with E-state index in [0.717, 1.165) is 133 Å². The van der Waals surface area contributed by atoms with E-state index in [-0.39, 0.29) is 115 Å². The van der Waals surface area contributed by atoms with Gasteiger partial charge in [-0.15, -0.1) is 0 Å². The first kappa shape index (κ1) is 70.0. The summed E-state index contributed by atoms with van der Waals surface area (Å²) in [5.41, 5.74) is 3.43. The van der Waals surface area contributed by atoms with Crippen molar-refractivity contribution in [3.8, 4) is 0 Å². The van der Waals surface area contributed by atoms with Crippen LogP contribution in [0, 0.1) is 22.7 Å². The number of carboxylic acids is 1. The number of hydrogen-bond acceptors (Lipinski definition) is 15. The van der Waals surface area contributed by atoms with Crippen LogP contribution in [-0.4, -0.2) is 113 Å². The number of aliphatic carboxylic acids is 1. The minimum atomic E-state index is -0.969. The number of halogens is 1. The Bertz CT molecular complexity index is 2000. The minimum absolute atomic E-state index is 0. The second kappa shape index (κ2) is 36.1. The molecule has 2 amide bonds. The molecular formula is C53H83ClN6Na2O11. The molecular weight excluding hydrogens is 978 g/mol. The molecule has 400 valence electrons. The number of aromatic nitrogens is 2. The van der Waals surface area contributed by atoms with E-state index < -0.39 is 22.8 Å². The van der Waals surface area contributed by atoms with E-state index in [1.54, 1.807) is 41.5 Å². The summed E-state index contributed by atoms with van der Waals surface area (Å²) in [6.45, 7) is 15.3. The normalized spacial score (nSPS) is 15.2. The van der Waals surface area contributed by atoms with Crippen molar-refractivity contribution in [2.45, 2.75) is 165 Å². The number of carbonyl (C=O) groups is 6. The molecule has 2 aromatic rings. The van der Waals surface area contributed by atoms with Gasteiger partial charge in [0.05, 0.1) is 10.8 Å². The molecule has 0 atom stereocenters. The standard InChI is InChI=1S/C26H39N3O5.C20H29N3O3.C6H11ClO2.CH4.2Na.H2O/c1-26(2,3)25(32)34-18-33-23(31)8-4-6-19-13-16-29(17-14-19)22(30)12-11-21-10-9-20-7-5-15-27-24(20)28-21;24-18(23-13-10-15(11-14-23)3-1-5-19(25)26)9-8-17-7-6-16-4-2-12-21-20(16)22-17;1-6(2,3)5(8)9-4-7;;;;/h9-10,19H,4-8,11-18H2,1-3H3,(H,27,28);6-7,15H,1-5,8-14H2,(H,21,22)(H,25,26);4H2,1-3H3;1H4;;;1H2/q;;;;2*+1;/p-2. The van der Waals surface area contributed by atoms with Gasteiger partial charge < -0.3 is 50.0 Å². The molecule has 6 rings (SSSR count). The Labute approximate surface area is 484 Å². The second-order valence-electron chi connectivity index (χ2n) is 20.6. The van der Waals surface area contributed by atoms with Crippen LogP contribution in [-0.2, 0) is 68.7 Å². The number of aryl methyl sites for hydroxylation is 4. The molecule has 17 nitrogen and oxygen atoms in total. The molecule has 6 heterocycles. The van der Waals surface area contributed by atoms with Crippen LogP contribution >= 0.6 is 11.6 Å². The predicted molar refractivity (Wildman–Crippen MR) is 271 cm³/mol. The molecule has 0 aromatic carbocycles. The zero-order chi connectivity index (χ0) is 50.4.